The highest BCUT2D eigenvalue weighted by Crippen LogP contribution is 2.21. The van der Waals surface area contributed by atoms with Crippen molar-refractivity contribution in [2.45, 2.75) is 78.7 Å². The lowest BCUT2D eigenvalue weighted by Gasteiger charge is -2.19. The van der Waals surface area contributed by atoms with Gasteiger partial charge in [0, 0.05) is 6.04 Å². The summed E-state index contributed by atoms with van der Waals surface area (Å²) in [5.41, 5.74) is 2.92. The Balaban J connectivity index is 2.50. The molecule has 1 N–H and O–H groups in total. The quantitative estimate of drug-likeness (QED) is 0.500. The van der Waals surface area contributed by atoms with E-state index < -0.39 is 0 Å². The molecule has 0 bridgehead atoms. The Morgan fingerprint density at radius 3 is 2.14 bits per heavy atom. The van der Waals surface area contributed by atoms with Crippen LogP contribution in [0.2, 0.25) is 0 Å². The Morgan fingerprint density at radius 2 is 1.57 bits per heavy atom. The minimum Gasteiger partial charge on any atom is -0.310 e. The number of hydrogen-bond donors (Lipinski definition) is 1. The van der Waals surface area contributed by atoms with Gasteiger partial charge in [-0.2, -0.15) is 0 Å². The van der Waals surface area contributed by atoms with E-state index in [4.69, 9.17) is 0 Å². The van der Waals surface area contributed by atoms with Crippen molar-refractivity contribution < 1.29 is 0 Å². The fourth-order valence-corrected chi connectivity index (χ4v) is 2.94. The molecule has 1 aromatic carbocycles. The summed E-state index contributed by atoms with van der Waals surface area (Å²) in [5.74, 6) is 0.735. The third kappa shape index (κ3) is 7.66. The first-order valence-electron chi connectivity index (χ1n) is 8.99. The lowest BCUT2D eigenvalue weighted by atomic mass is 9.96. The number of hydrogen-bond acceptors (Lipinski definition) is 1. The molecular weight excluding hydrogens is 254 g/mol. The van der Waals surface area contributed by atoms with Crippen LogP contribution < -0.4 is 5.32 Å². The van der Waals surface area contributed by atoms with Gasteiger partial charge < -0.3 is 5.32 Å². The van der Waals surface area contributed by atoms with Gasteiger partial charge in [0.15, 0.2) is 0 Å². The predicted octanol–water partition coefficient (Wildman–Crippen LogP) is 5.90. The molecule has 0 saturated carbocycles. The van der Waals surface area contributed by atoms with Gasteiger partial charge in [-0.25, -0.2) is 0 Å². The van der Waals surface area contributed by atoms with Gasteiger partial charge in [-0.05, 0) is 36.4 Å². The van der Waals surface area contributed by atoms with Crippen molar-refractivity contribution in [3.05, 3.63) is 35.4 Å². The number of rotatable bonds is 11. The van der Waals surface area contributed by atoms with Crippen LogP contribution in [0.3, 0.4) is 0 Å². The Kier molecular flexibility index (Phi) is 9.41. The van der Waals surface area contributed by atoms with E-state index in [9.17, 15) is 0 Å². The first kappa shape index (κ1) is 18.2. The van der Waals surface area contributed by atoms with Crippen molar-refractivity contribution in [2.75, 3.05) is 6.54 Å². The zero-order valence-electron chi connectivity index (χ0n) is 14.6. The van der Waals surface area contributed by atoms with Crippen LogP contribution in [-0.4, -0.2) is 6.54 Å². The Bertz CT molecular complexity index is 353. The maximum absolute atomic E-state index is 3.65. The second kappa shape index (κ2) is 10.8. The fourth-order valence-electron chi connectivity index (χ4n) is 2.94. The molecule has 1 rings (SSSR count). The molecule has 0 radical (unpaired) electrons. The minimum absolute atomic E-state index is 0.532. The van der Waals surface area contributed by atoms with E-state index in [1.165, 1.54) is 56.1 Å². The molecular formula is C20H35N. The average Bonchev–Trinajstić information content (AvgIpc) is 2.46. The highest BCUT2D eigenvalue weighted by atomic mass is 14.9. The van der Waals surface area contributed by atoms with Crippen molar-refractivity contribution in [2.24, 2.45) is 5.92 Å². The van der Waals surface area contributed by atoms with Gasteiger partial charge in [-0.15, -0.1) is 0 Å². The number of benzene rings is 1. The molecule has 21 heavy (non-hydrogen) atoms. The maximum atomic E-state index is 3.65. The summed E-state index contributed by atoms with van der Waals surface area (Å²) in [6.45, 7) is 10.1. The summed E-state index contributed by atoms with van der Waals surface area (Å²) in [5, 5.41) is 3.65. The summed E-state index contributed by atoms with van der Waals surface area (Å²) >= 11 is 0. The van der Waals surface area contributed by atoms with Crippen LogP contribution in [0.1, 0.15) is 83.4 Å². The molecule has 0 aliphatic carbocycles. The van der Waals surface area contributed by atoms with Crippen LogP contribution in [0, 0.1) is 5.92 Å². The zero-order chi connectivity index (χ0) is 15.5. The van der Waals surface area contributed by atoms with E-state index in [2.05, 4.69) is 57.3 Å². The topological polar surface area (TPSA) is 12.0 Å². The van der Waals surface area contributed by atoms with Crippen LogP contribution in [0.15, 0.2) is 24.3 Å². The van der Waals surface area contributed by atoms with Crippen molar-refractivity contribution in [3.63, 3.8) is 0 Å². The standard InChI is InChI=1S/C20H35N/c1-5-7-8-9-10-11-20(21-6-2)19-14-12-18(13-15-19)16-17(3)4/h12-15,17,20-21H,5-11,16H2,1-4H3. The minimum atomic E-state index is 0.532. The van der Waals surface area contributed by atoms with Gasteiger partial charge >= 0.3 is 0 Å². The monoisotopic (exact) mass is 289 g/mol. The Hall–Kier alpha value is -0.820. The molecule has 1 aromatic rings. The summed E-state index contributed by atoms with van der Waals surface area (Å²) in [6.07, 6.45) is 9.27. The molecule has 0 heterocycles. The molecule has 0 aromatic heterocycles. The first-order valence-corrected chi connectivity index (χ1v) is 8.99. The molecule has 0 amide bonds. The maximum Gasteiger partial charge on any atom is 0.0320 e. The summed E-state index contributed by atoms with van der Waals surface area (Å²) in [4.78, 5) is 0. The van der Waals surface area contributed by atoms with Gasteiger partial charge in [-0.3, -0.25) is 0 Å². The highest BCUT2D eigenvalue weighted by molar-refractivity contribution is 5.25. The summed E-state index contributed by atoms with van der Waals surface area (Å²) in [7, 11) is 0. The lowest BCUT2D eigenvalue weighted by Crippen LogP contribution is -2.20. The van der Waals surface area contributed by atoms with Crippen LogP contribution in [-0.2, 0) is 6.42 Å². The van der Waals surface area contributed by atoms with E-state index >= 15 is 0 Å². The lowest BCUT2D eigenvalue weighted by molar-refractivity contribution is 0.478. The van der Waals surface area contributed by atoms with Crippen LogP contribution in [0.4, 0.5) is 0 Å². The van der Waals surface area contributed by atoms with Crippen molar-refractivity contribution >= 4 is 0 Å². The van der Waals surface area contributed by atoms with Crippen LogP contribution in [0.5, 0.6) is 0 Å². The van der Waals surface area contributed by atoms with Gasteiger partial charge in [0.25, 0.3) is 0 Å². The van der Waals surface area contributed by atoms with E-state index in [0.29, 0.717) is 6.04 Å². The van der Waals surface area contributed by atoms with Gasteiger partial charge in [0.05, 0.1) is 0 Å². The molecule has 120 valence electrons. The molecule has 0 fully saturated rings. The molecule has 0 aliphatic heterocycles. The van der Waals surface area contributed by atoms with Crippen LogP contribution in [0.25, 0.3) is 0 Å². The average molecular weight is 290 g/mol. The smallest absolute Gasteiger partial charge is 0.0320 e. The predicted molar refractivity (Wildman–Crippen MR) is 94.8 cm³/mol. The Morgan fingerprint density at radius 1 is 0.905 bits per heavy atom. The molecule has 0 spiro atoms. The third-order valence-corrected chi connectivity index (χ3v) is 4.07. The first-order chi connectivity index (χ1) is 10.2. The van der Waals surface area contributed by atoms with E-state index in [0.717, 1.165) is 12.5 Å². The van der Waals surface area contributed by atoms with E-state index in [1.807, 2.05) is 0 Å². The molecule has 1 nitrogen and oxygen atoms in total. The molecule has 0 aliphatic rings. The zero-order valence-corrected chi connectivity index (χ0v) is 14.6. The third-order valence-electron chi connectivity index (χ3n) is 4.07. The SMILES string of the molecule is CCCCCCCC(NCC)c1ccc(CC(C)C)cc1. The van der Waals surface area contributed by atoms with Gasteiger partial charge in [0.2, 0.25) is 0 Å². The summed E-state index contributed by atoms with van der Waals surface area (Å²) in [6, 6.07) is 9.83. The normalized spacial score (nSPS) is 12.8. The second-order valence-electron chi connectivity index (χ2n) is 6.65. The van der Waals surface area contributed by atoms with Crippen molar-refractivity contribution in [1.82, 2.24) is 5.32 Å². The molecule has 1 atom stereocenters. The Labute approximate surface area is 132 Å². The second-order valence-corrected chi connectivity index (χ2v) is 6.65. The van der Waals surface area contributed by atoms with Gasteiger partial charge in [-0.1, -0.05) is 84.1 Å². The van der Waals surface area contributed by atoms with E-state index in [1.54, 1.807) is 0 Å². The van der Waals surface area contributed by atoms with E-state index in [-0.39, 0.29) is 0 Å². The van der Waals surface area contributed by atoms with Gasteiger partial charge in [0.1, 0.15) is 0 Å². The number of nitrogens with one attached hydrogen (secondary N) is 1. The fraction of sp³-hybridized carbons (Fsp3) is 0.700. The molecule has 1 unspecified atom stereocenters. The molecule has 0 saturated heterocycles. The number of unbranched alkanes of at least 4 members (excludes halogenated alkanes) is 4. The highest BCUT2D eigenvalue weighted by Gasteiger charge is 2.10. The van der Waals surface area contributed by atoms with Crippen molar-refractivity contribution in [1.29, 1.82) is 0 Å². The van der Waals surface area contributed by atoms with Crippen LogP contribution >= 0.6 is 0 Å². The largest absolute Gasteiger partial charge is 0.310 e. The van der Waals surface area contributed by atoms with Crippen molar-refractivity contribution in [3.8, 4) is 0 Å². The summed E-state index contributed by atoms with van der Waals surface area (Å²) < 4.78 is 0. The molecule has 1 heteroatoms.